The molecule has 0 fully saturated rings. The van der Waals surface area contributed by atoms with Gasteiger partial charge in [-0.15, -0.1) is 0 Å². The Balaban J connectivity index is 2.08. The maximum absolute atomic E-state index is 12.5. The van der Waals surface area contributed by atoms with Gasteiger partial charge >= 0.3 is 6.09 Å². The first-order chi connectivity index (χ1) is 12.0. The summed E-state index contributed by atoms with van der Waals surface area (Å²) in [6.45, 7) is 11.4. The first-order valence-electron chi connectivity index (χ1n) is 8.59. The SMILES string of the molecule is C=C(C)C(CCN1C(=O)c2ccccc2C1=O)N(C)C(=O)OC(C)(C)C. The third kappa shape index (κ3) is 4.12. The summed E-state index contributed by atoms with van der Waals surface area (Å²) in [6.07, 6.45) is -0.0656. The lowest BCUT2D eigenvalue weighted by Crippen LogP contribution is -2.43. The summed E-state index contributed by atoms with van der Waals surface area (Å²) in [7, 11) is 1.63. The minimum atomic E-state index is -0.604. The fourth-order valence-electron chi connectivity index (χ4n) is 2.93. The number of amides is 3. The predicted molar refractivity (Wildman–Crippen MR) is 99.0 cm³/mol. The van der Waals surface area contributed by atoms with E-state index < -0.39 is 11.7 Å². The monoisotopic (exact) mass is 358 g/mol. The van der Waals surface area contributed by atoms with Crippen LogP contribution in [-0.4, -0.2) is 52.9 Å². The van der Waals surface area contributed by atoms with Crippen LogP contribution in [0.25, 0.3) is 0 Å². The summed E-state index contributed by atoms with van der Waals surface area (Å²) in [6, 6.07) is 6.44. The molecule has 1 aromatic rings. The normalized spacial score (nSPS) is 14.9. The number of imide groups is 1. The molecule has 1 heterocycles. The fraction of sp³-hybridized carbons (Fsp3) is 0.450. The van der Waals surface area contributed by atoms with Crippen molar-refractivity contribution in [1.82, 2.24) is 9.80 Å². The van der Waals surface area contributed by atoms with Crippen molar-refractivity contribution in [3.63, 3.8) is 0 Å². The molecular formula is C20H26N2O4. The average molecular weight is 358 g/mol. The number of hydrogen-bond acceptors (Lipinski definition) is 4. The van der Waals surface area contributed by atoms with E-state index in [4.69, 9.17) is 4.74 Å². The van der Waals surface area contributed by atoms with Gasteiger partial charge in [-0.05, 0) is 46.2 Å². The van der Waals surface area contributed by atoms with Crippen molar-refractivity contribution >= 4 is 17.9 Å². The summed E-state index contributed by atoms with van der Waals surface area (Å²) >= 11 is 0. The molecular weight excluding hydrogens is 332 g/mol. The van der Waals surface area contributed by atoms with Crippen LogP contribution in [0.1, 0.15) is 54.8 Å². The molecule has 26 heavy (non-hydrogen) atoms. The number of carbonyl (C=O) groups excluding carboxylic acids is 3. The number of hydrogen-bond donors (Lipinski definition) is 0. The molecule has 0 saturated carbocycles. The molecule has 140 valence electrons. The minimum Gasteiger partial charge on any atom is -0.444 e. The second kappa shape index (κ2) is 7.32. The van der Waals surface area contributed by atoms with E-state index in [1.54, 1.807) is 52.1 Å². The quantitative estimate of drug-likeness (QED) is 0.597. The number of carbonyl (C=O) groups is 3. The van der Waals surface area contributed by atoms with Crippen LogP contribution >= 0.6 is 0 Å². The standard InChI is InChI=1S/C20H26N2O4/c1-13(2)16(21(6)19(25)26-20(3,4)5)11-12-22-17(23)14-9-7-8-10-15(14)18(22)24/h7-10,16H,1,11-12H2,2-6H3. The second-order valence-electron chi connectivity index (χ2n) is 7.55. The molecule has 1 aromatic carbocycles. The van der Waals surface area contributed by atoms with E-state index in [9.17, 15) is 14.4 Å². The zero-order valence-corrected chi connectivity index (χ0v) is 16.0. The van der Waals surface area contributed by atoms with Gasteiger partial charge in [-0.2, -0.15) is 0 Å². The number of likely N-dealkylation sites (N-methyl/N-ethyl adjacent to an activating group) is 1. The maximum Gasteiger partial charge on any atom is 0.410 e. The Bertz CT molecular complexity index is 713. The van der Waals surface area contributed by atoms with Crippen LogP contribution in [0, 0.1) is 0 Å². The topological polar surface area (TPSA) is 66.9 Å². The van der Waals surface area contributed by atoms with Crippen molar-refractivity contribution in [2.45, 2.75) is 45.8 Å². The van der Waals surface area contributed by atoms with Crippen molar-refractivity contribution < 1.29 is 19.1 Å². The molecule has 3 amide bonds. The van der Waals surface area contributed by atoms with Gasteiger partial charge in [0.1, 0.15) is 5.60 Å². The van der Waals surface area contributed by atoms with Crippen molar-refractivity contribution in [3.05, 3.63) is 47.5 Å². The van der Waals surface area contributed by atoms with Gasteiger partial charge in [0, 0.05) is 13.6 Å². The van der Waals surface area contributed by atoms with Crippen LogP contribution in [0.4, 0.5) is 4.79 Å². The van der Waals surface area contributed by atoms with Crippen molar-refractivity contribution in [1.29, 1.82) is 0 Å². The largest absolute Gasteiger partial charge is 0.444 e. The number of rotatable bonds is 5. The van der Waals surface area contributed by atoms with Gasteiger partial charge in [0.2, 0.25) is 0 Å². The van der Waals surface area contributed by atoms with Crippen LogP contribution in [0.5, 0.6) is 0 Å². The number of nitrogens with zero attached hydrogens (tertiary/aromatic N) is 2. The summed E-state index contributed by atoms with van der Waals surface area (Å²) in [5.41, 5.74) is 0.998. The molecule has 1 unspecified atom stereocenters. The third-order valence-corrected chi connectivity index (χ3v) is 4.22. The molecule has 0 aliphatic carbocycles. The average Bonchev–Trinajstić information content (AvgIpc) is 2.78. The van der Waals surface area contributed by atoms with Crippen LogP contribution in [0.2, 0.25) is 0 Å². The van der Waals surface area contributed by atoms with Crippen molar-refractivity contribution in [2.75, 3.05) is 13.6 Å². The Labute approximate surface area is 154 Å². The molecule has 0 radical (unpaired) electrons. The van der Waals surface area contributed by atoms with Gasteiger partial charge < -0.3 is 9.64 Å². The number of benzene rings is 1. The van der Waals surface area contributed by atoms with Crippen LogP contribution in [-0.2, 0) is 4.74 Å². The first-order valence-corrected chi connectivity index (χ1v) is 8.59. The van der Waals surface area contributed by atoms with Crippen LogP contribution < -0.4 is 0 Å². The molecule has 0 spiro atoms. The molecule has 1 aliphatic rings. The summed E-state index contributed by atoms with van der Waals surface area (Å²) in [5, 5.41) is 0. The lowest BCUT2D eigenvalue weighted by Gasteiger charge is -2.31. The van der Waals surface area contributed by atoms with Crippen molar-refractivity contribution in [2.24, 2.45) is 0 Å². The highest BCUT2D eigenvalue weighted by Gasteiger charge is 2.36. The lowest BCUT2D eigenvalue weighted by molar-refractivity contribution is 0.0237. The Kier molecular flexibility index (Phi) is 5.54. The zero-order valence-electron chi connectivity index (χ0n) is 16.0. The van der Waals surface area contributed by atoms with Gasteiger partial charge in [-0.3, -0.25) is 14.5 Å². The van der Waals surface area contributed by atoms with Gasteiger partial charge in [-0.1, -0.05) is 24.3 Å². The summed E-state index contributed by atoms with van der Waals surface area (Å²) < 4.78 is 5.39. The van der Waals surface area contributed by atoms with Crippen LogP contribution in [0.15, 0.2) is 36.4 Å². The van der Waals surface area contributed by atoms with E-state index in [0.29, 0.717) is 17.5 Å². The molecule has 2 rings (SSSR count). The van der Waals surface area contributed by atoms with Gasteiger partial charge in [0.05, 0.1) is 17.2 Å². The van der Waals surface area contributed by atoms with E-state index in [1.165, 1.54) is 9.80 Å². The summed E-state index contributed by atoms with van der Waals surface area (Å²) in [4.78, 5) is 39.9. The molecule has 1 aliphatic heterocycles. The number of fused-ring (bicyclic) bond motifs is 1. The summed E-state index contributed by atoms with van der Waals surface area (Å²) in [5.74, 6) is -0.600. The highest BCUT2D eigenvalue weighted by atomic mass is 16.6. The Hall–Kier alpha value is -2.63. The van der Waals surface area contributed by atoms with E-state index in [2.05, 4.69) is 6.58 Å². The molecule has 0 bridgehead atoms. The Morgan fingerprint density at radius 1 is 1.19 bits per heavy atom. The maximum atomic E-state index is 12.5. The van der Waals surface area contributed by atoms with Crippen molar-refractivity contribution in [3.8, 4) is 0 Å². The third-order valence-electron chi connectivity index (χ3n) is 4.22. The van der Waals surface area contributed by atoms with Gasteiger partial charge in [0.15, 0.2) is 0 Å². The van der Waals surface area contributed by atoms with Gasteiger partial charge in [-0.25, -0.2) is 4.79 Å². The molecule has 0 aromatic heterocycles. The zero-order chi connectivity index (χ0) is 19.6. The van der Waals surface area contributed by atoms with Crippen LogP contribution in [0.3, 0.4) is 0 Å². The minimum absolute atomic E-state index is 0.205. The molecule has 6 heteroatoms. The predicted octanol–water partition coefficient (Wildman–Crippen LogP) is 3.48. The molecule has 0 saturated heterocycles. The Morgan fingerprint density at radius 2 is 1.69 bits per heavy atom. The van der Waals surface area contributed by atoms with E-state index in [0.717, 1.165) is 5.57 Å². The first kappa shape index (κ1) is 19.7. The van der Waals surface area contributed by atoms with E-state index in [-0.39, 0.29) is 24.4 Å². The fourth-order valence-corrected chi connectivity index (χ4v) is 2.93. The highest BCUT2D eigenvalue weighted by Crippen LogP contribution is 2.24. The lowest BCUT2D eigenvalue weighted by atomic mass is 10.1. The molecule has 1 atom stereocenters. The second-order valence-corrected chi connectivity index (χ2v) is 7.55. The smallest absolute Gasteiger partial charge is 0.410 e. The highest BCUT2D eigenvalue weighted by molar-refractivity contribution is 6.21. The van der Waals surface area contributed by atoms with E-state index >= 15 is 0 Å². The molecule has 6 nitrogen and oxygen atoms in total. The Morgan fingerprint density at radius 3 is 2.12 bits per heavy atom. The van der Waals surface area contributed by atoms with Gasteiger partial charge in [0.25, 0.3) is 11.8 Å². The van der Waals surface area contributed by atoms with E-state index in [1.807, 2.05) is 6.92 Å². The molecule has 0 N–H and O–H groups in total. The number of ether oxygens (including phenoxy) is 1.